The summed E-state index contributed by atoms with van der Waals surface area (Å²) in [5.74, 6) is 0.950. The number of carbonyl (C=O) groups excluding carboxylic acids is 1. The molecule has 196 valence electrons. The Balaban J connectivity index is 1.49. The number of carbonyl (C=O) groups is 1. The first-order valence-corrected chi connectivity index (χ1v) is 12.2. The normalized spacial score (nSPS) is 18.3. The van der Waals surface area contributed by atoms with E-state index in [2.05, 4.69) is 22.3 Å². The molecule has 0 spiro atoms. The summed E-state index contributed by atoms with van der Waals surface area (Å²) >= 11 is 0. The van der Waals surface area contributed by atoms with E-state index < -0.39 is 11.7 Å². The zero-order valence-electron chi connectivity index (χ0n) is 20.9. The summed E-state index contributed by atoms with van der Waals surface area (Å²) in [5, 5.41) is 2.85. The summed E-state index contributed by atoms with van der Waals surface area (Å²) in [7, 11) is 3.22. The lowest BCUT2D eigenvalue weighted by molar-refractivity contribution is -0.137. The average Bonchev–Trinajstić information content (AvgIpc) is 2.91. The molecule has 0 aliphatic carbocycles. The number of rotatable bonds is 8. The number of amides is 1. The molecule has 3 aromatic carbocycles. The Morgan fingerprint density at radius 2 is 1.62 bits per heavy atom. The highest BCUT2D eigenvalue weighted by Gasteiger charge is 2.33. The van der Waals surface area contributed by atoms with Gasteiger partial charge < -0.3 is 14.8 Å². The second-order valence-electron chi connectivity index (χ2n) is 9.27. The standard InChI is InChI=1S/C29H31F3N2O3/c1-36-25-14-21(15-26(16-25)37-2)18-34-19-23(11-12-27(34)22-8-4-3-5-9-22)28(35)33-17-20-7-6-10-24(13-20)29(30,31)32/h3-10,13-16,23,27H,11-12,17-19H2,1-2H3,(H,33,35). The second-order valence-corrected chi connectivity index (χ2v) is 9.27. The SMILES string of the molecule is COc1cc(CN2CC(C(=O)NCc3cccc(C(F)(F)F)c3)CCC2c2ccccc2)cc(OC)c1. The molecule has 1 fully saturated rings. The Hall–Kier alpha value is -3.52. The van der Waals surface area contributed by atoms with E-state index in [1.54, 1.807) is 20.3 Å². The van der Waals surface area contributed by atoms with Crippen LogP contribution in [0.2, 0.25) is 0 Å². The van der Waals surface area contributed by atoms with E-state index in [-0.39, 0.29) is 24.4 Å². The molecule has 3 aromatic rings. The van der Waals surface area contributed by atoms with Crippen molar-refractivity contribution < 1.29 is 27.4 Å². The van der Waals surface area contributed by atoms with E-state index >= 15 is 0 Å². The number of halogens is 3. The molecule has 0 aromatic heterocycles. The molecule has 2 atom stereocenters. The van der Waals surface area contributed by atoms with E-state index in [9.17, 15) is 18.0 Å². The molecule has 4 rings (SSSR count). The topological polar surface area (TPSA) is 50.8 Å². The van der Waals surface area contributed by atoms with Gasteiger partial charge in [-0.25, -0.2) is 0 Å². The second kappa shape index (κ2) is 11.7. The van der Waals surface area contributed by atoms with Gasteiger partial charge in [0.05, 0.1) is 25.7 Å². The molecule has 1 amide bonds. The number of alkyl halides is 3. The minimum absolute atomic E-state index is 0.0500. The Morgan fingerprint density at radius 1 is 0.919 bits per heavy atom. The van der Waals surface area contributed by atoms with E-state index in [1.807, 2.05) is 36.4 Å². The number of ether oxygens (including phenoxy) is 2. The summed E-state index contributed by atoms with van der Waals surface area (Å²) in [5.41, 5.74) is 1.88. The van der Waals surface area contributed by atoms with Gasteiger partial charge in [0.25, 0.3) is 0 Å². The molecule has 1 aliphatic rings. The maximum Gasteiger partial charge on any atom is 0.416 e. The number of piperidine rings is 1. The number of hydrogen-bond donors (Lipinski definition) is 1. The molecule has 1 aliphatic heterocycles. The molecule has 1 heterocycles. The summed E-state index contributed by atoms with van der Waals surface area (Å²) in [6.45, 7) is 1.16. The van der Waals surface area contributed by atoms with Gasteiger partial charge in [0.2, 0.25) is 5.91 Å². The maximum absolute atomic E-state index is 13.1. The van der Waals surface area contributed by atoms with Gasteiger partial charge in [0.15, 0.2) is 0 Å². The van der Waals surface area contributed by atoms with E-state index in [1.165, 1.54) is 11.6 Å². The highest BCUT2D eigenvalue weighted by atomic mass is 19.4. The molecule has 0 saturated carbocycles. The first-order valence-electron chi connectivity index (χ1n) is 12.2. The van der Waals surface area contributed by atoms with Gasteiger partial charge in [-0.2, -0.15) is 13.2 Å². The zero-order chi connectivity index (χ0) is 26.4. The number of nitrogens with zero attached hydrogens (tertiary/aromatic N) is 1. The Labute approximate surface area is 215 Å². The van der Waals surface area contributed by atoms with Crippen LogP contribution in [-0.4, -0.2) is 31.6 Å². The minimum Gasteiger partial charge on any atom is -0.497 e. The molecule has 1 N–H and O–H groups in total. The van der Waals surface area contributed by atoms with Gasteiger partial charge in [-0.05, 0) is 53.8 Å². The van der Waals surface area contributed by atoms with Crippen LogP contribution in [0.15, 0.2) is 72.8 Å². The van der Waals surface area contributed by atoms with E-state index in [0.717, 1.165) is 24.1 Å². The molecule has 0 radical (unpaired) electrons. The van der Waals surface area contributed by atoms with Crippen LogP contribution in [0.1, 0.15) is 41.1 Å². The van der Waals surface area contributed by atoms with Crippen molar-refractivity contribution >= 4 is 5.91 Å². The van der Waals surface area contributed by atoms with Gasteiger partial charge in [-0.3, -0.25) is 9.69 Å². The van der Waals surface area contributed by atoms with Gasteiger partial charge in [-0.1, -0.05) is 42.5 Å². The average molecular weight is 513 g/mol. The molecule has 0 bridgehead atoms. The molecule has 8 heteroatoms. The predicted molar refractivity (Wildman–Crippen MR) is 135 cm³/mol. The Bertz CT molecular complexity index is 1180. The van der Waals surface area contributed by atoms with Crippen LogP contribution < -0.4 is 14.8 Å². The van der Waals surface area contributed by atoms with Crippen molar-refractivity contribution in [2.75, 3.05) is 20.8 Å². The summed E-state index contributed by atoms with van der Waals surface area (Å²) in [4.78, 5) is 15.4. The molecule has 5 nitrogen and oxygen atoms in total. The van der Waals surface area contributed by atoms with Crippen LogP contribution >= 0.6 is 0 Å². The monoisotopic (exact) mass is 512 g/mol. The van der Waals surface area contributed by atoms with Crippen molar-refractivity contribution in [3.05, 3.63) is 95.1 Å². The van der Waals surface area contributed by atoms with Crippen molar-refractivity contribution in [3.63, 3.8) is 0 Å². The number of likely N-dealkylation sites (tertiary alicyclic amines) is 1. The largest absolute Gasteiger partial charge is 0.497 e. The summed E-state index contributed by atoms with van der Waals surface area (Å²) in [6.07, 6.45) is -2.95. The highest BCUT2D eigenvalue weighted by molar-refractivity contribution is 5.79. The van der Waals surface area contributed by atoms with Crippen molar-refractivity contribution in [2.45, 2.75) is 38.1 Å². The van der Waals surface area contributed by atoms with Crippen LogP contribution in [-0.2, 0) is 24.1 Å². The summed E-state index contributed by atoms with van der Waals surface area (Å²) < 4.78 is 50.0. The van der Waals surface area contributed by atoms with Crippen LogP contribution in [0, 0.1) is 5.92 Å². The fraction of sp³-hybridized carbons (Fsp3) is 0.345. The summed E-state index contributed by atoms with van der Waals surface area (Å²) in [6, 6.07) is 21.1. The third kappa shape index (κ3) is 6.83. The van der Waals surface area contributed by atoms with Crippen LogP contribution in [0.4, 0.5) is 13.2 Å². The predicted octanol–water partition coefficient (Wildman–Crippen LogP) is 5.99. The van der Waals surface area contributed by atoms with Crippen molar-refractivity contribution in [2.24, 2.45) is 5.92 Å². The lowest BCUT2D eigenvalue weighted by Gasteiger charge is -2.39. The quantitative estimate of drug-likeness (QED) is 0.403. The number of methoxy groups -OCH3 is 2. The minimum atomic E-state index is -4.42. The number of nitrogens with one attached hydrogen (secondary N) is 1. The smallest absolute Gasteiger partial charge is 0.416 e. The highest BCUT2D eigenvalue weighted by Crippen LogP contribution is 2.36. The lowest BCUT2D eigenvalue weighted by Crippen LogP contribution is -2.44. The molecule has 2 unspecified atom stereocenters. The number of hydrogen-bond acceptors (Lipinski definition) is 4. The molecular weight excluding hydrogens is 481 g/mol. The number of benzene rings is 3. The first-order chi connectivity index (χ1) is 17.8. The van der Waals surface area contributed by atoms with E-state index in [4.69, 9.17) is 9.47 Å². The van der Waals surface area contributed by atoms with Gasteiger partial charge in [0, 0.05) is 31.7 Å². The Kier molecular flexibility index (Phi) is 8.38. The molecule has 1 saturated heterocycles. The van der Waals surface area contributed by atoms with Crippen molar-refractivity contribution in [1.29, 1.82) is 0 Å². The fourth-order valence-corrected chi connectivity index (χ4v) is 4.87. The van der Waals surface area contributed by atoms with Gasteiger partial charge >= 0.3 is 6.18 Å². The maximum atomic E-state index is 13.1. The van der Waals surface area contributed by atoms with Gasteiger partial charge in [-0.15, -0.1) is 0 Å². The molecular formula is C29H31F3N2O3. The zero-order valence-corrected chi connectivity index (χ0v) is 20.9. The van der Waals surface area contributed by atoms with Crippen LogP contribution in [0.25, 0.3) is 0 Å². The lowest BCUT2D eigenvalue weighted by atomic mass is 9.88. The van der Waals surface area contributed by atoms with Crippen molar-refractivity contribution in [3.8, 4) is 11.5 Å². The van der Waals surface area contributed by atoms with Crippen LogP contribution in [0.5, 0.6) is 11.5 Å². The fourth-order valence-electron chi connectivity index (χ4n) is 4.87. The van der Waals surface area contributed by atoms with Crippen molar-refractivity contribution in [1.82, 2.24) is 10.2 Å². The Morgan fingerprint density at radius 3 is 2.27 bits per heavy atom. The third-order valence-electron chi connectivity index (χ3n) is 6.76. The van der Waals surface area contributed by atoms with E-state index in [0.29, 0.717) is 36.6 Å². The third-order valence-corrected chi connectivity index (χ3v) is 6.76. The van der Waals surface area contributed by atoms with Crippen LogP contribution in [0.3, 0.4) is 0 Å². The molecule has 37 heavy (non-hydrogen) atoms. The van der Waals surface area contributed by atoms with Gasteiger partial charge in [0.1, 0.15) is 11.5 Å². The first kappa shape index (κ1) is 26.5.